The second kappa shape index (κ2) is 9.21. The molecular weight excluding hydrogens is 366 g/mol. The van der Waals surface area contributed by atoms with Gasteiger partial charge in [0.05, 0.1) is 12.1 Å². The predicted molar refractivity (Wildman–Crippen MR) is 107 cm³/mol. The van der Waals surface area contributed by atoms with E-state index in [1.807, 2.05) is 29.2 Å². The van der Waals surface area contributed by atoms with Crippen molar-refractivity contribution in [2.24, 2.45) is 0 Å². The van der Waals surface area contributed by atoms with Gasteiger partial charge in [0.1, 0.15) is 0 Å². The topological polar surface area (TPSA) is 52.7 Å². The normalized spacial score (nSPS) is 15.0. The van der Waals surface area contributed by atoms with Crippen molar-refractivity contribution in [3.8, 4) is 0 Å². The van der Waals surface area contributed by atoms with Crippen LogP contribution in [0.25, 0.3) is 0 Å². The molecule has 1 N–H and O–H groups in total. The number of benzene rings is 1. The standard InChI is InChI=1S/C19H23N3O2S2/c1-20-18(23)13-21-8-10-22(11-9-21)19(24)16-6-2-3-7-17(16)26-14-15-5-4-12-25-15/h2-7,12H,8-11,13-14H2,1H3,(H,20,23). The molecule has 2 aromatic rings. The smallest absolute Gasteiger partial charge is 0.255 e. The molecule has 0 radical (unpaired) electrons. The van der Waals surface area contributed by atoms with Crippen molar-refractivity contribution in [2.75, 3.05) is 39.8 Å². The van der Waals surface area contributed by atoms with Gasteiger partial charge >= 0.3 is 0 Å². The van der Waals surface area contributed by atoms with Crippen LogP contribution in [0.4, 0.5) is 0 Å². The van der Waals surface area contributed by atoms with Crippen LogP contribution in [-0.4, -0.2) is 61.4 Å². The number of rotatable bonds is 6. The highest BCUT2D eigenvalue weighted by molar-refractivity contribution is 7.98. The number of amides is 2. The van der Waals surface area contributed by atoms with Crippen molar-refractivity contribution in [1.29, 1.82) is 0 Å². The highest BCUT2D eigenvalue weighted by Crippen LogP contribution is 2.28. The number of carbonyl (C=O) groups is 2. The third-order valence-electron chi connectivity index (χ3n) is 4.37. The van der Waals surface area contributed by atoms with E-state index in [9.17, 15) is 9.59 Å². The van der Waals surface area contributed by atoms with Crippen LogP contribution in [0.1, 0.15) is 15.2 Å². The Bertz CT molecular complexity index is 741. The van der Waals surface area contributed by atoms with E-state index in [0.29, 0.717) is 19.6 Å². The molecule has 0 aliphatic carbocycles. The fraction of sp³-hybridized carbons (Fsp3) is 0.368. The number of nitrogens with zero attached hydrogens (tertiary/aromatic N) is 2. The first-order valence-corrected chi connectivity index (χ1v) is 10.5. The number of likely N-dealkylation sites (N-methyl/N-ethyl adjacent to an activating group) is 1. The van der Waals surface area contributed by atoms with Gasteiger partial charge in [0.2, 0.25) is 5.91 Å². The lowest BCUT2D eigenvalue weighted by molar-refractivity contribution is -0.122. The van der Waals surface area contributed by atoms with Gasteiger partial charge in [-0.3, -0.25) is 14.5 Å². The Balaban J connectivity index is 1.60. The molecule has 26 heavy (non-hydrogen) atoms. The minimum absolute atomic E-state index is 0.0140. The molecule has 0 spiro atoms. The summed E-state index contributed by atoms with van der Waals surface area (Å²) in [7, 11) is 1.65. The highest BCUT2D eigenvalue weighted by atomic mass is 32.2. The summed E-state index contributed by atoms with van der Waals surface area (Å²) in [5.41, 5.74) is 0.772. The minimum Gasteiger partial charge on any atom is -0.358 e. The van der Waals surface area contributed by atoms with E-state index in [1.54, 1.807) is 30.1 Å². The summed E-state index contributed by atoms with van der Waals surface area (Å²) in [6.07, 6.45) is 0. The Morgan fingerprint density at radius 1 is 1.12 bits per heavy atom. The van der Waals surface area contributed by atoms with Gasteiger partial charge in [0, 0.05) is 48.8 Å². The van der Waals surface area contributed by atoms with Gasteiger partial charge in [-0.15, -0.1) is 23.1 Å². The molecule has 1 saturated heterocycles. The second-order valence-corrected chi connectivity index (χ2v) is 8.16. The van der Waals surface area contributed by atoms with E-state index in [1.165, 1.54) is 4.88 Å². The number of carbonyl (C=O) groups excluding carboxylic acids is 2. The Morgan fingerprint density at radius 3 is 2.58 bits per heavy atom. The number of thioether (sulfide) groups is 1. The fourth-order valence-electron chi connectivity index (χ4n) is 2.87. The molecular formula is C19H23N3O2S2. The van der Waals surface area contributed by atoms with Crippen molar-refractivity contribution in [1.82, 2.24) is 15.1 Å². The average Bonchev–Trinajstić information content (AvgIpc) is 3.20. The Labute approximate surface area is 162 Å². The van der Waals surface area contributed by atoms with Crippen LogP contribution < -0.4 is 5.32 Å². The summed E-state index contributed by atoms with van der Waals surface area (Å²) in [5, 5.41) is 4.72. The van der Waals surface area contributed by atoms with Crippen molar-refractivity contribution in [3.63, 3.8) is 0 Å². The first-order chi connectivity index (χ1) is 12.7. The Kier molecular flexibility index (Phi) is 6.71. The summed E-state index contributed by atoms with van der Waals surface area (Å²) in [6.45, 7) is 3.15. The molecule has 1 aliphatic heterocycles. The molecule has 1 aliphatic rings. The predicted octanol–water partition coefficient (Wildman–Crippen LogP) is 2.54. The van der Waals surface area contributed by atoms with E-state index in [4.69, 9.17) is 0 Å². The summed E-state index contributed by atoms with van der Waals surface area (Å²) in [5.74, 6) is 0.973. The van der Waals surface area contributed by atoms with E-state index >= 15 is 0 Å². The average molecular weight is 390 g/mol. The molecule has 3 rings (SSSR count). The lowest BCUT2D eigenvalue weighted by atomic mass is 10.2. The molecule has 0 unspecified atom stereocenters. The van der Waals surface area contributed by atoms with E-state index in [0.717, 1.165) is 29.3 Å². The number of hydrogen-bond donors (Lipinski definition) is 1. The summed E-state index contributed by atoms with van der Waals surface area (Å²) < 4.78 is 0. The number of nitrogens with one attached hydrogen (secondary N) is 1. The number of hydrogen-bond acceptors (Lipinski definition) is 5. The summed E-state index contributed by atoms with van der Waals surface area (Å²) in [6, 6.07) is 12.0. The molecule has 2 amide bonds. The molecule has 1 fully saturated rings. The molecule has 1 aromatic carbocycles. The molecule has 138 valence electrons. The van der Waals surface area contributed by atoms with E-state index in [2.05, 4.69) is 27.7 Å². The molecule has 0 atom stereocenters. The second-order valence-electron chi connectivity index (χ2n) is 6.11. The Morgan fingerprint density at radius 2 is 1.88 bits per heavy atom. The van der Waals surface area contributed by atoms with Gasteiger partial charge in [0.15, 0.2) is 0 Å². The summed E-state index contributed by atoms with van der Waals surface area (Å²) in [4.78, 5) is 30.8. The minimum atomic E-state index is 0.0140. The molecule has 0 saturated carbocycles. The van der Waals surface area contributed by atoms with Crippen molar-refractivity contribution in [3.05, 3.63) is 52.2 Å². The van der Waals surface area contributed by atoms with Gasteiger partial charge in [0.25, 0.3) is 5.91 Å². The molecule has 1 aromatic heterocycles. The van der Waals surface area contributed by atoms with Crippen molar-refractivity contribution >= 4 is 34.9 Å². The monoisotopic (exact) mass is 389 g/mol. The quantitative estimate of drug-likeness (QED) is 0.772. The molecule has 7 heteroatoms. The zero-order chi connectivity index (χ0) is 18.4. The van der Waals surface area contributed by atoms with Crippen LogP contribution in [0, 0.1) is 0 Å². The maximum absolute atomic E-state index is 13.0. The van der Waals surface area contributed by atoms with Gasteiger partial charge in [-0.05, 0) is 23.6 Å². The third kappa shape index (κ3) is 4.87. The number of thiophene rings is 1. The molecule has 2 heterocycles. The van der Waals surface area contributed by atoms with Gasteiger partial charge in [-0.25, -0.2) is 0 Å². The van der Waals surface area contributed by atoms with Crippen LogP contribution in [0.2, 0.25) is 0 Å². The maximum Gasteiger partial charge on any atom is 0.255 e. The first kappa shape index (κ1) is 18.9. The summed E-state index contributed by atoms with van der Waals surface area (Å²) >= 11 is 3.45. The number of piperazine rings is 1. The largest absolute Gasteiger partial charge is 0.358 e. The van der Waals surface area contributed by atoms with Crippen LogP contribution >= 0.6 is 23.1 Å². The van der Waals surface area contributed by atoms with E-state index in [-0.39, 0.29) is 11.8 Å². The third-order valence-corrected chi connectivity index (χ3v) is 6.55. The van der Waals surface area contributed by atoms with Crippen molar-refractivity contribution in [2.45, 2.75) is 10.6 Å². The van der Waals surface area contributed by atoms with Crippen LogP contribution in [0.15, 0.2) is 46.7 Å². The zero-order valence-electron chi connectivity index (χ0n) is 14.8. The highest BCUT2D eigenvalue weighted by Gasteiger charge is 2.24. The zero-order valence-corrected chi connectivity index (χ0v) is 16.4. The van der Waals surface area contributed by atoms with Gasteiger partial charge < -0.3 is 10.2 Å². The van der Waals surface area contributed by atoms with Crippen LogP contribution in [-0.2, 0) is 10.5 Å². The van der Waals surface area contributed by atoms with Gasteiger partial charge in [-0.2, -0.15) is 0 Å². The molecule has 5 nitrogen and oxygen atoms in total. The lowest BCUT2D eigenvalue weighted by Crippen LogP contribution is -2.50. The lowest BCUT2D eigenvalue weighted by Gasteiger charge is -2.34. The molecule has 0 bridgehead atoms. The Hall–Kier alpha value is -1.83. The maximum atomic E-state index is 13.0. The van der Waals surface area contributed by atoms with E-state index < -0.39 is 0 Å². The van der Waals surface area contributed by atoms with Crippen molar-refractivity contribution < 1.29 is 9.59 Å². The SMILES string of the molecule is CNC(=O)CN1CCN(C(=O)c2ccccc2SCc2cccs2)CC1. The van der Waals surface area contributed by atoms with Crippen LogP contribution in [0.3, 0.4) is 0 Å². The van der Waals surface area contributed by atoms with Gasteiger partial charge in [-0.1, -0.05) is 18.2 Å². The fourth-order valence-corrected chi connectivity index (χ4v) is 4.69. The van der Waals surface area contributed by atoms with Crippen LogP contribution in [0.5, 0.6) is 0 Å². The first-order valence-electron chi connectivity index (χ1n) is 8.64.